The molecule has 0 fully saturated rings. The molecule has 0 spiro atoms. The van der Waals surface area contributed by atoms with Gasteiger partial charge >= 0.3 is 0 Å². The maximum atomic E-state index is 10.6. The van der Waals surface area contributed by atoms with Crippen LogP contribution >= 0.6 is 11.3 Å². The molecule has 0 amide bonds. The Balaban J connectivity index is 2.83. The number of carbonyl (C=O) groups is 1. The summed E-state index contributed by atoms with van der Waals surface area (Å²) in [6.45, 7) is 4.96. The van der Waals surface area contributed by atoms with E-state index in [9.17, 15) is 4.79 Å². The van der Waals surface area contributed by atoms with Crippen LogP contribution in [-0.2, 0) is 0 Å². The molecular formula is C9H14N2OS. The maximum Gasteiger partial charge on any atom is 0.185 e. The van der Waals surface area contributed by atoms with Gasteiger partial charge in [0.25, 0.3) is 0 Å². The lowest BCUT2D eigenvalue weighted by atomic mass is 10.4. The summed E-state index contributed by atoms with van der Waals surface area (Å²) in [5.74, 6) is 0. The Morgan fingerprint density at radius 3 is 2.77 bits per heavy atom. The van der Waals surface area contributed by atoms with Crippen LogP contribution in [0, 0.1) is 6.92 Å². The smallest absolute Gasteiger partial charge is 0.185 e. The van der Waals surface area contributed by atoms with Crippen LogP contribution in [0.15, 0.2) is 0 Å². The third-order valence-electron chi connectivity index (χ3n) is 1.81. The molecule has 0 N–H and O–H groups in total. The van der Waals surface area contributed by atoms with Gasteiger partial charge in [-0.15, -0.1) is 0 Å². The van der Waals surface area contributed by atoms with Crippen molar-refractivity contribution in [1.29, 1.82) is 0 Å². The fourth-order valence-electron chi connectivity index (χ4n) is 1.10. The fourth-order valence-corrected chi connectivity index (χ4v) is 1.97. The number of aldehydes is 1. The van der Waals surface area contributed by atoms with Gasteiger partial charge in [-0.05, 0) is 13.3 Å². The highest BCUT2D eigenvalue weighted by molar-refractivity contribution is 7.17. The number of thiazole rings is 1. The van der Waals surface area contributed by atoms with Crippen molar-refractivity contribution in [3.05, 3.63) is 10.6 Å². The number of rotatable bonds is 4. The number of carbonyl (C=O) groups excluding carboxylic acids is 1. The van der Waals surface area contributed by atoms with Crippen LogP contribution in [0.1, 0.15) is 28.7 Å². The third kappa shape index (κ3) is 2.28. The number of aryl methyl sites for hydroxylation is 1. The van der Waals surface area contributed by atoms with Gasteiger partial charge in [0.15, 0.2) is 11.4 Å². The number of aromatic nitrogens is 1. The second kappa shape index (κ2) is 4.37. The minimum Gasteiger partial charge on any atom is -0.351 e. The number of hydrogen-bond donors (Lipinski definition) is 0. The van der Waals surface area contributed by atoms with E-state index in [4.69, 9.17) is 0 Å². The Bertz CT molecular complexity index is 296. The highest BCUT2D eigenvalue weighted by Gasteiger charge is 2.09. The zero-order valence-corrected chi connectivity index (χ0v) is 9.02. The molecule has 0 saturated heterocycles. The zero-order chi connectivity index (χ0) is 9.84. The third-order valence-corrected chi connectivity index (χ3v) is 3.01. The molecule has 0 unspecified atom stereocenters. The average molecular weight is 198 g/mol. The van der Waals surface area contributed by atoms with Gasteiger partial charge in [0.1, 0.15) is 0 Å². The quantitative estimate of drug-likeness (QED) is 0.695. The first-order chi connectivity index (χ1) is 6.19. The molecule has 0 aliphatic heterocycles. The summed E-state index contributed by atoms with van der Waals surface area (Å²) in [6, 6.07) is 0. The van der Waals surface area contributed by atoms with Crippen LogP contribution in [0.2, 0.25) is 0 Å². The largest absolute Gasteiger partial charge is 0.351 e. The van der Waals surface area contributed by atoms with Gasteiger partial charge < -0.3 is 4.90 Å². The van der Waals surface area contributed by atoms with Crippen LogP contribution in [0.25, 0.3) is 0 Å². The van der Waals surface area contributed by atoms with Gasteiger partial charge in [-0.25, -0.2) is 4.98 Å². The van der Waals surface area contributed by atoms with Gasteiger partial charge in [-0.1, -0.05) is 18.3 Å². The second-order valence-corrected chi connectivity index (χ2v) is 3.99. The van der Waals surface area contributed by atoms with E-state index in [-0.39, 0.29) is 0 Å². The van der Waals surface area contributed by atoms with Crippen molar-refractivity contribution < 1.29 is 4.79 Å². The first-order valence-corrected chi connectivity index (χ1v) is 5.14. The highest BCUT2D eigenvalue weighted by Crippen LogP contribution is 2.23. The molecule has 0 saturated carbocycles. The van der Waals surface area contributed by atoms with E-state index >= 15 is 0 Å². The molecule has 0 aliphatic rings. The summed E-state index contributed by atoms with van der Waals surface area (Å²) in [4.78, 5) is 17.7. The van der Waals surface area contributed by atoms with Crippen LogP contribution < -0.4 is 4.90 Å². The van der Waals surface area contributed by atoms with Gasteiger partial charge in [0.05, 0.1) is 10.6 Å². The topological polar surface area (TPSA) is 33.2 Å². The Morgan fingerprint density at radius 2 is 2.31 bits per heavy atom. The molecule has 4 heteroatoms. The molecule has 0 bridgehead atoms. The van der Waals surface area contributed by atoms with Crippen LogP contribution in [0.4, 0.5) is 5.13 Å². The summed E-state index contributed by atoms with van der Waals surface area (Å²) in [5.41, 5.74) is 0.831. The Morgan fingerprint density at radius 1 is 1.62 bits per heavy atom. The van der Waals surface area contributed by atoms with E-state index in [0.29, 0.717) is 0 Å². The molecule has 1 aromatic heterocycles. The summed E-state index contributed by atoms with van der Waals surface area (Å²) >= 11 is 1.45. The summed E-state index contributed by atoms with van der Waals surface area (Å²) in [7, 11) is 2.00. The zero-order valence-electron chi connectivity index (χ0n) is 8.20. The van der Waals surface area contributed by atoms with Crippen molar-refractivity contribution in [2.75, 3.05) is 18.5 Å². The Labute approximate surface area is 82.4 Å². The summed E-state index contributed by atoms with van der Waals surface area (Å²) < 4.78 is 0. The lowest BCUT2D eigenvalue weighted by molar-refractivity contribution is 0.112. The van der Waals surface area contributed by atoms with E-state index in [1.807, 2.05) is 14.0 Å². The van der Waals surface area contributed by atoms with Crippen molar-refractivity contribution in [2.45, 2.75) is 20.3 Å². The lowest BCUT2D eigenvalue weighted by Gasteiger charge is -2.13. The number of anilines is 1. The molecule has 0 atom stereocenters. The van der Waals surface area contributed by atoms with E-state index in [1.165, 1.54) is 11.3 Å². The van der Waals surface area contributed by atoms with Crippen molar-refractivity contribution >= 4 is 22.8 Å². The SMILES string of the molecule is CCCN(C)c1nc(C)c(C=O)s1. The highest BCUT2D eigenvalue weighted by atomic mass is 32.1. The molecule has 1 aromatic rings. The van der Waals surface area contributed by atoms with Gasteiger partial charge in [0.2, 0.25) is 0 Å². The van der Waals surface area contributed by atoms with Crippen LogP contribution in [-0.4, -0.2) is 24.9 Å². The van der Waals surface area contributed by atoms with Gasteiger partial charge in [-0.3, -0.25) is 4.79 Å². The van der Waals surface area contributed by atoms with E-state index in [0.717, 1.165) is 35.0 Å². The van der Waals surface area contributed by atoms with Crippen molar-refractivity contribution in [2.24, 2.45) is 0 Å². The predicted octanol–water partition coefficient (Wildman–Crippen LogP) is 2.11. The van der Waals surface area contributed by atoms with Gasteiger partial charge in [0, 0.05) is 13.6 Å². The minimum absolute atomic E-state index is 0.734. The Hall–Kier alpha value is -0.900. The molecule has 1 rings (SSSR count). The molecule has 0 aliphatic carbocycles. The van der Waals surface area contributed by atoms with E-state index < -0.39 is 0 Å². The normalized spacial score (nSPS) is 10.1. The molecule has 3 nitrogen and oxygen atoms in total. The average Bonchev–Trinajstić information content (AvgIpc) is 2.47. The molecule has 0 aromatic carbocycles. The molecule has 13 heavy (non-hydrogen) atoms. The Kier molecular flexibility index (Phi) is 3.42. The standard InChI is InChI=1S/C9H14N2OS/c1-4-5-11(3)9-10-7(2)8(6-12)13-9/h6H,4-5H2,1-3H3. The summed E-state index contributed by atoms with van der Waals surface area (Å²) in [6.07, 6.45) is 1.96. The molecule has 0 radical (unpaired) electrons. The van der Waals surface area contributed by atoms with Crippen LogP contribution in [0.3, 0.4) is 0 Å². The van der Waals surface area contributed by atoms with Crippen molar-refractivity contribution in [3.63, 3.8) is 0 Å². The second-order valence-electron chi connectivity index (χ2n) is 2.99. The molecule has 1 heterocycles. The summed E-state index contributed by atoms with van der Waals surface area (Å²) in [5, 5.41) is 0.932. The number of nitrogens with zero attached hydrogens (tertiary/aromatic N) is 2. The van der Waals surface area contributed by atoms with Crippen molar-refractivity contribution in [3.8, 4) is 0 Å². The maximum absolute atomic E-state index is 10.6. The minimum atomic E-state index is 0.734. The monoisotopic (exact) mass is 198 g/mol. The van der Waals surface area contributed by atoms with Gasteiger partial charge in [-0.2, -0.15) is 0 Å². The fraction of sp³-hybridized carbons (Fsp3) is 0.556. The first-order valence-electron chi connectivity index (χ1n) is 4.32. The molecule has 72 valence electrons. The number of hydrogen-bond acceptors (Lipinski definition) is 4. The van der Waals surface area contributed by atoms with Crippen LogP contribution in [0.5, 0.6) is 0 Å². The lowest BCUT2D eigenvalue weighted by Crippen LogP contribution is -2.17. The predicted molar refractivity (Wildman–Crippen MR) is 55.8 cm³/mol. The van der Waals surface area contributed by atoms with E-state index in [1.54, 1.807) is 0 Å². The first kappa shape index (κ1) is 10.2. The van der Waals surface area contributed by atoms with E-state index in [2.05, 4.69) is 16.8 Å². The van der Waals surface area contributed by atoms with Crippen molar-refractivity contribution in [1.82, 2.24) is 4.98 Å². The molecular weight excluding hydrogens is 184 g/mol.